The molecular formula is C20H26N2O5. The number of rotatable bonds is 9. The number of amides is 3. The maximum Gasteiger partial charge on any atom is 0.325 e. The van der Waals surface area contributed by atoms with Crippen molar-refractivity contribution >= 4 is 11.9 Å². The molecule has 0 unspecified atom stereocenters. The first-order valence-corrected chi connectivity index (χ1v) is 9.11. The molecule has 0 aromatic heterocycles. The SMILES string of the molecule is C=CCc1ccc(OC[C@H](O)CN2C(=O)N[C@](C)(C3CC3)C2=O)c(OC)c1. The fourth-order valence-corrected chi connectivity index (χ4v) is 3.39. The average Bonchev–Trinajstić information content (AvgIpc) is 3.47. The van der Waals surface area contributed by atoms with Crippen molar-refractivity contribution in [3.63, 3.8) is 0 Å². The van der Waals surface area contributed by atoms with Crippen LogP contribution in [0.4, 0.5) is 4.79 Å². The molecule has 0 radical (unpaired) electrons. The van der Waals surface area contributed by atoms with E-state index in [1.807, 2.05) is 12.1 Å². The third-order valence-electron chi connectivity index (χ3n) is 5.13. The summed E-state index contributed by atoms with van der Waals surface area (Å²) in [4.78, 5) is 25.8. The number of benzene rings is 1. The van der Waals surface area contributed by atoms with Crippen LogP contribution < -0.4 is 14.8 Å². The molecule has 2 aliphatic rings. The topological polar surface area (TPSA) is 88.1 Å². The Hall–Kier alpha value is -2.54. The molecule has 1 saturated carbocycles. The summed E-state index contributed by atoms with van der Waals surface area (Å²) in [7, 11) is 1.54. The van der Waals surface area contributed by atoms with Crippen molar-refractivity contribution in [3.8, 4) is 11.5 Å². The van der Waals surface area contributed by atoms with E-state index in [-0.39, 0.29) is 25.0 Å². The average molecular weight is 374 g/mol. The first-order valence-electron chi connectivity index (χ1n) is 9.11. The Balaban J connectivity index is 1.58. The van der Waals surface area contributed by atoms with Gasteiger partial charge in [-0.05, 0) is 49.8 Å². The lowest BCUT2D eigenvalue weighted by atomic mass is 9.96. The highest BCUT2D eigenvalue weighted by molar-refractivity contribution is 6.07. The number of hydrogen-bond acceptors (Lipinski definition) is 5. The first-order chi connectivity index (χ1) is 12.9. The molecule has 0 bridgehead atoms. The number of imide groups is 1. The van der Waals surface area contributed by atoms with Gasteiger partial charge in [-0.3, -0.25) is 9.69 Å². The van der Waals surface area contributed by atoms with E-state index in [9.17, 15) is 14.7 Å². The second kappa shape index (κ2) is 7.60. The number of carbonyl (C=O) groups excluding carboxylic acids is 2. The van der Waals surface area contributed by atoms with Crippen LogP contribution in [-0.2, 0) is 11.2 Å². The quantitative estimate of drug-likeness (QED) is 0.509. The molecule has 1 heterocycles. The molecule has 2 N–H and O–H groups in total. The third-order valence-corrected chi connectivity index (χ3v) is 5.13. The van der Waals surface area contributed by atoms with Crippen LogP contribution in [0.2, 0.25) is 0 Å². The summed E-state index contributed by atoms with van der Waals surface area (Å²) in [6.07, 6.45) is 3.38. The molecule has 3 rings (SSSR count). The zero-order chi connectivity index (χ0) is 19.6. The second-order valence-corrected chi connectivity index (χ2v) is 7.27. The number of nitrogens with zero attached hydrogens (tertiary/aromatic N) is 1. The van der Waals surface area contributed by atoms with Gasteiger partial charge in [0.1, 0.15) is 18.2 Å². The number of aliphatic hydroxyl groups excluding tert-OH is 1. The minimum atomic E-state index is -1.00. The maximum absolute atomic E-state index is 12.6. The predicted octanol–water partition coefficient (Wildman–Crippen LogP) is 1.88. The van der Waals surface area contributed by atoms with E-state index in [2.05, 4.69) is 11.9 Å². The van der Waals surface area contributed by atoms with E-state index in [1.54, 1.807) is 26.2 Å². The van der Waals surface area contributed by atoms with Gasteiger partial charge < -0.3 is 19.9 Å². The molecule has 2 fully saturated rings. The van der Waals surface area contributed by atoms with Crippen LogP contribution in [0.5, 0.6) is 11.5 Å². The fraction of sp³-hybridized carbons (Fsp3) is 0.500. The van der Waals surface area contributed by atoms with E-state index in [0.29, 0.717) is 17.9 Å². The zero-order valence-electron chi connectivity index (χ0n) is 15.7. The number of ether oxygens (including phenoxy) is 2. The summed E-state index contributed by atoms with van der Waals surface area (Å²) in [6, 6.07) is 5.05. The number of allylic oxidation sites excluding steroid dienone is 1. The van der Waals surface area contributed by atoms with E-state index in [1.165, 1.54) is 0 Å². The Morgan fingerprint density at radius 2 is 2.15 bits per heavy atom. The molecular weight excluding hydrogens is 348 g/mol. The summed E-state index contributed by atoms with van der Waals surface area (Å²) < 4.78 is 11.0. The Labute approximate surface area is 158 Å². The van der Waals surface area contributed by atoms with Crippen molar-refractivity contribution in [3.05, 3.63) is 36.4 Å². The molecule has 27 heavy (non-hydrogen) atoms. The van der Waals surface area contributed by atoms with E-state index in [4.69, 9.17) is 9.47 Å². The molecule has 2 atom stereocenters. The summed E-state index contributed by atoms with van der Waals surface area (Å²) in [5.74, 6) is 0.952. The Kier molecular flexibility index (Phi) is 5.41. The van der Waals surface area contributed by atoms with Crippen molar-refractivity contribution in [2.24, 2.45) is 5.92 Å². The van der Waals surface area contributed by atoms with Crippen molar-refractivity contribution in [1.82, 2.24) is 10.2 Å². The summed E-state index contributed by atoms with van der Waals surface area (Å²) in [6.45, 7) is 5.29. The molecule has 3 amide bonds. The van der Waals surface area contributed by atoms with Gasteiger partial charge in [0.05, 0.1) is 13.7 Å². The van der Waals surface area contributed by atoms with Crippen LogP contribution in [0.25, 0.3) is 0 Å². The van der Waals surface area contributed by atoms with E-state index < -0.39 is 17.7 Å². The standard InChI is InChI=1S/C20H26N2O5/c1-4-5-13-6-9-16(17(10-13)26-3)27-12-15(23)11-22-18(24)20(2,14-7-8-14)21-19(22)25/h4,6,9-10,14-15,23H,1,5,7-8,11-12H2,2-3H3,(H,21,25)/t15-,20-/m1/s1. The largest absolute Gasteiger partial charge is 0.493 e. The Bertz CT molecular complexity index is 746. The van der Waals surface area contributed by atoms with E-state index in [0.717, 1.165) is 23.3 Å². The number of carbonyl (C=O) groups is 2. The van der Waals surface area contributed by atoms with Crippen LogP contribution in [0.1, 0.15) is 25.3 Å². The Morgan fingerprint density at radius 3 is 2.78 bits per heavy atom. The third kappa shape index (κ3) is 3.93. The zero-order valence-corrected chi connectivity index (χ0v) is 15.7. The highest BCUT2D eigenvalue weighted by atomic mass is 16.5. The lowest BCUT2D eigenvalue weighted by molar-refractivity contribution is -0.132. The minimum absolute atomic E-state index is 0.0611. The maximum atomic E-state index is 12.6. The number of aliphatic hydroxyl groups is 1. The molecule has 1 aromatic rings. The number of β-amino-alcohol motifs (C(OH)–C–C–N with tert-alkyl or cyclic N) is 1. The summed E-state index contributed by atoms with van der Waals surface area (Å²) in [5, 5.41) is 13.0. The van der Waals surface area contributed by atoms with Gasteiger partial charge >= 0.3 is 6.03 Å². The minimum Gasteiger partial charge on any atom is -0.493 e. The normalized spacial score (nSPS) is 23.1. The molecule has 1 aromatic carbocycles. The molecule has 0 spiro atoms. The molecule has 7 nitrogen and oxygen atoms in total. The van der Waals surface area contributed by atoms with Crippen molar-refractivity contribution in [2.45, 2.75) is 37.8 Å². The highest BCUT2D eigenvalue weighted by Crippen LogP contribution is 2.42. The molecule has 1 saturated heterocycles. The summed E-state index contributed by atoms with van der Waals surface area (Å²) >= 11 is 0. The highest BCUT2D eigenvalue weighted by Gasteiger charge is 2.56. The van der Waals surface area contributed by atoms with Crippen molar-refractivity contribution < 1.29 is 24.2 Å². The van der Waals surface area contributed by atoms with Crippen LogP contribution in [0.3, 0.4) is 0 Å². The van der Waals surface area contributed by atoms with Crippen molar-refractivity contribution in [1.29, 1.82) is 0 Å². The van der Waals surface area contributed by atoms with Gasteiger partial charge in [0, 0.05) is 0 Å². The number of urea groups is 1. The molecule has 1 aliphatic carbocycles. The first kappa shape index (κ1) is 19.2. The van der Waals surface area contributed by atoms with E-state index >= 15 is 0 Å². The second-order valence-electron chi connectivity index (χ2n) is 7.27. The molecule has 146 valence electrons. The van der Waals surface area contributed by atoms with Gasteiger partial charge in [0.15, 0.2) is 11.5 Å². The van der Waals surface area contributed by atoms with Crippen LogP contribution in [0, 0.1) is 5.92 Å². The fourth-order valence-electron chi connectivity index (χ4n) is 3.39. The number of hydrogen-bond donors (Lipinski definition) is 2. The van der Waals surface area contributed by atoms with Gasteiger partial charge in [0.2, 0.25) is 0 Å². The van der Waals surface area contributed by atoms with Crippen LogP contribution in [0.15, 0.2) is 30.9 Å². The lowest BCUT2D eigenvalue weighted by Crippen LogP contribution is -2.46. The molecule has 7 heteroatoms. The number of nitrogens with one attached hydrogen (secondary N) is 1. The summed E-state index contributed by atoms with van der Waals surface area (Å²) in [5.41, 5.74) is 0.190. The Morgan fingerprint density at radius 1 is 1.41 bits per heavy atom. The monoisotopic (exact) mass is 374 g/mol. The lowest BCUT2D eigenvalue weighted by Gasteiger charge is -2.22. The smallest absolute Gasteiger partial charge is 0.325 e. The van der Waals surface area contributed by atoms with Gasteiger partial charge in [-0.25, -0.2) is 4.79 Å². The predicted molar refractivity (Wildman–Crippen MR) is 99.8 cm³/mol. The van der Waals surface area contributed by atoms with Crippen LogP contribution >= 0.6 is 0 Å². The van der Waals surface area contributed by atoms with Crippen LogP contribution in [-0.4, -0.2) is 53.8 Å². The van der Waals surface area contributed by atoms with Gasteiger partial charge in [-0.2, -0.15) is 0 Å². The van der Waals surface area contributed by atoms with Gasteiger partial charge in [-0.1, -0.05) is 12.1 Å². The van der Waals surface area contributed by atoms with Gasteiger partial charge in [0.25, 0.3) is 5.91 Å². The van der Waals surface area contributed by atoms with Gasteiger partial charge in [-0.15, -0.1) is 6.58 Å². The molecule has 1 aliphatic heterocycles. The van der Waals surface area contributed by atoms with Crippen molar-refractivity contribution in [2.75, 3.05) is 20.3 Å². The number of methoxy groups -OCH3 is 1.